The molecule has 12 rings (SSSR count). The summed E-state index contributed by atoms with van der Waals surface area (Å²) in [4.78, 5) is 14.7. The van der Waals surface area contributed by atoms with Gasteiger partial charge in [-0.15, -0.1) is 0 Å². The van der Waals surface area contributed by atoms with Gasteiger partial charge in [0, 0.05) is 50.2 Å². The van der Waals surface area contributed by atoms with Crippen LogP contribution in [0.25, 0.3) is 71.3 Å². The van der Waals surface area contributed by atoms with Crippen molar-refractivity contribution in [2.24, 2.45) is 0 Å². The van der Waals surface area contributed by atoms with E-state index in [0.717, 1.165) is 62.4 Å². The maximum absolute atomic E-state index is 12.4. The number of hydrogen-bond acceptors (Lipinski definition) is 3. The Hall–Kier alpha value is -9.45. The van der Waals surface area contributed by atoms with Crippen molar-refractivity contribution in [1.82, 2.24) is 4.57 Å². The zero-order chi connectivity index (χ0) is 49.3. The summed E-state index contributed by atoms with van der Waals surface area (Å²) in [5, 5.41) is 14.2. The van der Waals surface area contributed by atoms with Crippen LogP contribution in [0.3, 0.4) is 0 Å². The van der Waals surface area contributed by atoms with Gasteiger partial charge in [0.05, 0.1) is 22.8 Å². The molecule has 1 unspecified atom stereocenters. The van der Waals surface area contributed by atoms with Gasteiger partial charge >= 0.3 is 0 Å². The van der Waals surface area contributed by atoms with Crippen molar-refractivity contribution in [2.45, 2.75) is 19.4 Å². The summed E-state index contributed by atoms with van der Waals surface area (Å²) in [6, 6.07) is 91.1. The highest BCUT2D eigenvalue weighted by molar-refractivity contribution is 6.10. The molecule has 0 saturated heterocycles. The summed E-state index contributed by atoms with van der Waals surface area (Å²) in [6.45, 7) is 5.50. The Morgan fingerprint density at radius 2 is 1.00 bits per heavy atom. The topological polar surface area (TPSA) is 49.3 Å². The molecule has 12 aromatic rings. The SMILES string of the molecule is C=C(C)C(=O)Nc1ccc(N(c2ccc(-c3ccc(NC(Cc4cccc5ccccc45)c4ccc(-c5ccc6c(c5)c5ccccc5n6-c5ccccc5)cc4)cc3)cc2)c2cccc3ccccc23)cc1. The van der Waals surface area contributed by atoms with Crippen LogP contribution >= 0.6 is 0 Å². The van der Waals surface area contributed by atoms with E-state index in [2.05, 4.69) is 257 Å². The molecule has 11 aromatic carbocycles. The number of benzene rings is 11. The maximum atomic E-state index is 12.4. The first-order valence-electron chi connectivity index (χ1n) is 24.9. The lowest BCUT2D eigenvalue weighted by Crippen LogP contribution is -2.14. The third-order valence-electron chi connectivity index (χ3n) is 14.1. The first-order chi connectivity index (χ1) is 35.9. The standard InChI is InChI=1S/C68H52N4O/c1-46(2)68(73)70-56-37-41-59(42-38-56)71(65-25-13-17-51-15-7-9-22-61(51)65)58-39-32-48(33-40-58)47-30-35-55(36-31-47)69-64(45-54-18-12-16-50-14-6-8-21-60(50)54)52-28-26-49(27-29-52)53-34-43-67-63(44-53)62-23-10-11-24-66(62)72(67)57-19-4-3-5-20-57/h3-44,64,69H,1,45H2,2H3,(H,70,73). The van der Waals surface area contributed by atoms with Crippen molar-refractivity contribution < 1.29 is 4.79 Å². The van der Waals surface area contributed by atoms with Gasteiger partial charge in [-0.05, 0) is 148 Å². The Morgan fingerprint density at radius 1 is 0.479 bits per heavy atom. The van der Waals surface area contributed by atoms with Crippen LogP contribution in [0, 0.1) is 0 Å². The second-order valence-electron chi connectivity index (χ2n) is 18.8. The van der Waals surface area contributed by atoms with E-state index in [4.69, 9.17) is 0 Å². The predicted molar refractivity (Wildman–Crippen MR) is 308 cm³/mol. The smallest absolute Gasteiger partial charge is 0.250 e. The molecule has 0 spiro atoms. The molecule has 0 aliphatic rings. The molecule has 0 fully saturated rings. The van der Waals surface area contributed by atoms with E-state index in [9.17, 15) is 4.79 Å². The molecule has 0 aliphatic carbocycles. The van der Waals surface area contributed by atoms with Gasteiger partial charge in [0.15, 0.2) is 0 Å². The van der Waals surface area contributed by atoms with Crippen molar-refractivity contribution in [3.05, 3.63) is 278 Å². The normalized spacial score (nSPS) is 11.7. The molecule has 0 aliphatic heterocycles. The molecule has 0 radical (unpaired) electrons. The molecule has 1 aromatic heterocycles. The summed E-state index contributed by atoms with van der Waals surface area (Å²) >= 11 is 0. The third kappa shape index (κ3) is 8.90. The molecule has 1 atom stereocenters. The van der Waals surface area contributed by atoms with E-state index < -0.39 is 0 Å². The van der Waals surface area contributed by atoms with E-state index in [1.165, 1.54) is 54.8 Å². The molecule has 0 saturated carbocycles. The number of nitrogens with zero attached hydrogens (tertiary/aromatic N) is 2. The maximum Gasteiger partial charge on any atom is 0.250 e. The number of fused-ring (bicyclic) bond motifs is 5. The highest BCUT2D eigenvalue weighted by Crippen LogP contribution is 2.41. The van der Waals surface area contributed by atoms with Crippen molar-refractivity contribution in [1.29, 1.82) is 0 Å². The zero-order valence-electron chi connectivity index (χ0n) is 40.5. The van der Waals surface area contributed by atoms with Crippen LogP contribution in [0.15, 0.2) is 267 Å². The summed E-state index contributed by atoms with van der Waals surface area (Å²) < 4.78 is 2.36. The van der Waals surface area contributed by atoms with Crippen molar-refractivity contribution in [2.75, 3.05) is 15.5 Å². The largest absolute Gasteiger partial charge is 0.378 e. The quantitative estimate of drug-likeness (QED) is 0.113. The van der Waals surface area contributed by atoms with Crippen molar-refractivity contribution in [3.8, 4) is 27.9 Å². The van der Waals surface area contributed by atoms with E-state index in [-0.39, 0.29) is 11.9 Å². The van der Waals surface area contributed by atoms with E-state index in [1.807, 2.05) is 24.3 Å². The Morgan fingerprint density at radius 3 is 1.71 bits per heavy atom. The number of carbonyl (C=O) groups is 1. The molecule has 1 amide bonds. The van der Waals surface area contributed by atoms with Crippen LogP contribution in [0.5, 0.6) is 0 Å². The average molecular weight is 941 g/mol. The van der Waals surface area contributed by atoms with Crippen LogP contribution in [-0.2, 0) is 11.2 Å². The minimum Gasteiger partial charge on any atom is -0.378 e. The fourth-order valence-corrected chi connectivity index (χ4v) is 10.4. The monoisotopic (exact) mass is 940 g/mol. The Balaban J connectivity index is 0.836. The number of amides is 1. The highest BCUT2D eigenvalue weighted by atomic mass is 16.1. The van der Waals surface area contributed by atoms with E-state index >= 15 is 0 Å². The van der Waals surface area contributed by atoms with Gasteiger partial charge in [-0.25, -0.2) is 0 Å². The minimum absolute atomic E-state index is 0.00723. The number of nitrogens with one attached hydrogen (secondary N) is 2. The number of carbonyl (C=O) groups excluding carboxylic acids is 1. The first-order valence-corrected chi connectivity index (χ1v) is 24.9. The van der Waals surface area contributed by atoms with E-state index in [1.54, 1.807) is 6.92 Å². The third-order valence-corrected chi connectivity index (χ3v) is 14.1. The van der Waals surface area contributed by atoms with Gasteiger partial charge in [0.2, 0.25) is 0 Å². The second-order valence-corrected chi connectivity index (χ2v) is 18.8. The van der Waals surface area contributed by atoms with Gasteiger partial charge in [-0.2, -0.15) is 0 Å². The average Bonchev–Trinajstić information content (AvgIpc) is 3.78. The van der Waals surface area contributed by atoms with Gasteiger partial charge in [0.25, 0.3) is 5.91 Å². The fourth-order valence-electron chi connectivity index (χ4n) is 10.4. The minimum atomic E-state index is -0.195. The van der Waals surface area contributed by atoms with Gasteiger partial charge in [-0.3, -0.25) is 4.79 Å². The molecular weight excluding hydrogens is 889 g/mol. The van der Waals surface area contributed by atoms with Crippen LogP contribution in [0.2, 0.25) is 0 Å². The Bertz CT molecular complexity index is 3960. The summed E-state index contributed by atoms with van der Waals surface area (Å²) in [5.74, 6) is -0.195. The van der Waals surface area contributed by atoms with Crippen LogP contribution in [-0.4, -0.2) is 10.5 Å². The van der Waals surface area contributed by atoms with Crippen molar-refractivity contribution in [3.63, 3.8) is 0 Å². The van der Waals surface area contributed by atoms with Gasteiger partial charge < -0.3 is 20.1 Å². The molecule has 2 N–H and O–H groups in total. The zero-order valence-corrected chi connectivity index (χ0v) is 40.5. The summed E-state index contributed by atoms with van der Waals surface area (Å²) in [6.07, 6.45) is 0.813. The van der Waals surface area contributed by atoms with Gasteiger partial charge in [-0.1, -0.05) is 176 Å². The fraction of sp³-hybridized carbons (Fsp3) is 0.0441. The van der Waals surface area contributed by atoms with Crippen LogP contribution in [0.4, 0.5) is 28.4 Å². The molecular formula is C68H52N4O. The number of para-hydroxylation sites is 2. The molecule has 73 heavy (non-hydrogen) atoms. The summed E-state index contributed by atoms with van der Waals surface area (Å²) in [7, 11) is 0. The molecule has 0 bridgehead atoms. The predicted octanol–water partition coefficient (Wildman–Crippen LogP) is 17.8. The van der Waals surface area contributed by atoms with Gasteiger partial charge in [0.1, 0.15) is 0 Å². The molecule has 1 heterocycles. The highest BCUT2D eigenvalue weighted by Gasteiger charge is 2.19. The number of rotatable bonds is 13. The molecule has 5 nitrogen and oxygen atoms in total. The van der Waals surface area contributed by atoms with Crippen LogP contribution < -0.4 is 15.5 Å². The van der Waals surface area contributed by atoms with E-state index in [0.29, 0.717) is 5.57 Å². The number of anilines is 5. The van der Waals surface area contributed by atoms with Crippen molar-refractivity contribution >= 4 is 77.7 Å². The second kappa shape index (κ2) is 19.4. The molecule has 350 valence electrons. The molecule has 5 heteroatoms. The van der Waals surface area contributed by atoms with Crippen LogP contribution in [0.1, 0.15) is 24.1 Å². The number of hydrogen-bond donors (Lipinski definition) is 2. The lowest BCUT2D eigenvalue weighted by atomic mass is 9.93. The first kappa shape index (κ1) is 44.7. The Labute approximate surface area is 425 Å². The summed E-state index contributed by atoms with van der Waals surface area (Å²) in [5.41, 5.74) is 16.0. The number of aromatic nitrogens is 1. The lowest BCUT2D eigenvalue weighted by molar-refractivity contribution is -0.112. The lowest BCUT2D eigenvalue weighted by Gasteiger charge is -2.27. The Kier molecular flexibility index (Phi) is 11.9.